The first kappa shape index (κ1) is 15.0. The zero-order chi connectivity index (χ0) is 13.9. The lowest BCUT2D eigenvalue weighted by Gasteiger charge is -2.17. The molecule has 1 N–H and O–H groups in total. The van der Waals surface area contributed by atoms with Gasteiger partial charge in [0.1, 0.15) is 0 Å². The summed E-state index contributed by atoms with van der Waals surface area (Å²) in [6.07, 6.45) is 0.0284. The largest absolute Gasteiger partial charge is 0.393 e. The average molecular weight is 278 g/mol. The Hall–Kier alpha value is -1.01. The number of benzene rings is 1. The Labute approximate surface area is 105 Å². The van der Waals surface area contributed by atoms with Gasteiger partial charge in [-0.05, 0) is 24.1 Å². The zero-order valence-corrected chi connectivity index (χ0v) is 11.0. The average Bonchev–Trinajstić information content (AvgIpc) is 2.36. The molecule has 0 saturated heterocycles. The van der Waals surface area contributed by atoms with E-state index in [-0.39, 0.29) is 5.92 Å². The normalized spacial score (nSPS) is 15.7. The van der Waals surface area contributed by atoms with Crippen LogP contribution < -0.4 is 0 Å². The predicted molar refractivity (Wildman–Crippen MR) is 64.3 cm³/mol. The molecule has 0 fully saturated rings. The summed E-state index contributed by atoms with van der Waals surface area (Å²) >= 11 is 0. The summed E-state index contributed by atoms with van der Waals surface area (Å²) in [5, 5.41) is 9.66. The number of hydrogen-bond donors (Lipinski definition) is 1. The molecule has 0 aliphatic carbocycles. The lowest BCUT2D eigenvalue weighted by Crippen LogP contribution is -2.15. The Balaban J connectivity index is 3.01. The van der Waals surface area contributed by atoms with Crippen molar-refractivity contribution in [2.75, 3.05) is 0 Å². The number of halogens is 2. The Morgan fingerprint density at radius 3 is 2.11 bits per heavy atom. The first-order valence-corrected chi connectivity index (χ1v) is 7.15. The SMILES string of the molecule is CCC(O)C(C)c1ccc(S(=O)(=O)C(F)F)cc1. The third-order valence-corrected chi connectivity index (χ3v) is 4.36. The molecule has 1 rings (SSSR count). The third-order valence-electron chi connectivity index (χ3n) is 2.96. The zero-order valence-electron chi connectivity index (χ0n) is 10.2. The summed E-state index contributed by atoms with van der Waals surface area (Å²) in [6, 6.07) is 5.21. The highest BCUT2D eigenvalue weighted by Gasteiger charge is 2.26. The van der Waals surface area contributed by atoms with Crippen LogP contribution >= 0.6 is 0 Å². The Kier molecular flexibility index (Phi) is 4.81. The number of rotatable bonds is 5. The van der Waals surface area contributed by atoms with E-state index in [1.165, 1.54) is 12.1 Å². The quantitative estimate of drug-likeness (QED) is 0.900. The second-order valence-corrected chi connectivity index (χ2v) is 6.06. The Morgan fingerprint density at radius 2 is 1.72 bits per heavy atom. The van der Waals surface area contributed by atoms with Crippen molar-refractivity contribution in [1.29, 1.82) is 0 Å². The fourth-order valence-electron chi connectivity index (χ4n) is 1.64. The smallest absolute Gasteiger partial charge is 0.341 e. The monoisotopic (exact) mass is 278 g/mol. The van der Waals surface area contributed by atoms with Crippen molar-refractivity contribution < 1.29 is 22.3 Å². The van der Waals surface area contributed by atoms with Gasteiger partial charge in [-0.2, -0.15) is 8.78 Å². The molecule has 0 radical (unpaired) electrons. The van der Waals surface area contributed by atoms with E-state index in [1.54, 1.807) is 6.92 Å². The molecule has 18 heavy (non-hydrogen) atoms. The second-order valence-electron chi connectivity index (χ2n) is 4.14. The van der Waals surface area contributed by atoms with Crippen LogP contribution in [-0.4, -0.2) is 25.4 Å². The molecule has 6 heteroatoms. The van der Waals surface area contributed by atoms with Gasteiger partial charge in [0.25, 0.3) is 0 Å². The molecular formula is C12H16F2O3S. The van der Waals surface area contributed by atoms with Crippen LogP contribution in [0, 0.1) is 0 Å². The van der Waals surface area contributed by atoms with E-state index in [9.17, 15) is 22.3 Å². The molecule has 0 saturated carbocycles. The number of alkyl halides is 2. The highest BCUT2D eigenvalue weighted by molar-refractivity contribution is 7.91. The van der Waals surface area contributed by atoms with E-state index in [0.29, 0.717) is 6.42 Å². The van der Waals surface area contributed by atoms with Gasteiger partial charge >= 0.3 is 5.76 Å². The molecule has 0 amide bonds. The Bertz CT molecular complexity index is 483. The number of sulfone groups is 1. The predicted octanol–water partition coefficient (Wildman–Crippen LogP) is 2.56. The molecule has 1 aromatic carbocycles. The van der Waals surface area contributed by atoms with Crippen LogP contribution in [0.15, 0.2) is 29.2 Å². The van der Waals surface area contributed by atoms with Crippen molar-refractivity contribution in [3.8, 4) is 0 Å². The molecule has 1 aromatic rings. The fraction of sp³-hybridized carbons (Fsp3) is 0.500. The van der Waals surface area contributed by atoms with Crippen molar-refractivity contribution in [3.05, 3.63) is 29.8 Å². The molecule has 102 valence electrons. The van der Waals surface area contributed by atoms with E-state index in [1.807, 2.05) is 6.92 Å². The van der Waals surface area contributed by atoms with Crippen molar-refractivity contribution >= 4 is 9.84 Å². The van der Waals surface area contributed by atoms with Gasteiger partial charge in [0, 0.05) is 5.92 Å². The minimum Gasteiger partial charge on any atom is -0.393 e. The molecule has 0 bridgehead atoms. The molecule has 0 aliphatic rings. The van der Waals surface area contributed by atoms with Gasteiger partial charge < -0.3 is 5.11 Å². The summed E-state index contributed by atoms with van der Waals surface area (Å²) in [5.74, 6) is -3.58. The van der Waals surface area contributed by atoms with Gasteiger partial charge in [-0.1, -0.05) is 26.0 Å². The first-order chi connectivity index (χ1) is 8.30. The maximum absolute atomic E-state index is 12.3. The van der Waals surface area contributed by atoms with E-state index < -0.39 is 26.6 Å². The number of aliphatic hydroxyl groups is 1. The molecular weight excluding hydrogens is 262 g/mol. The summed E-state index contributed by atoms with van der Waals surface area (Å²) in [4.78, 5) is -0.403. The van der Waals surface area contributed by atoms with Gasteiger partial charge in [-0.15, -0.1) is 0 Å². The van der Waals surface area contributed by atoms with Gasteiger partial charge in [-0.25, -0.2) is 8.42 Å². The number of hydrogen-bond acceptors (Lipinski definition) is 3. The van der Waals surface area contributed by atoms with Crippen LogP contribution in [0.2, 0.25) is 0 Å². The maximum Gasteiger partial charge on any atom is 0.341 e. The van der Waals surface area contributed by atoms with Gasteiger partial charge in [0.15, 0.2) is 0 Å². The van der Waals surface area contributed by atoms with Crippen LogP contribution in [0.1, 0.15) is 31.7 Å². The lowest BCUT2D eigenvalue weighted by molar-refractivity contribution is 0.145. The van der Waals surface area contributed by atoms with E-state index in [4.69, 9.17) is 0 Å². The fourth-order valence-corrected chi connectivity index (χ4v) is 2.36. The minimum atomic E-state index is -4.54. The van der Waals surface area contributed by atoms with Gasteiger partial charge in [-0.3, -0.25) is 0 Å². The van der Waals surface area contributed by atoms with E-state index in [0.717, 1.165) is 17.7 Å². The minimum absolute atomic E-state index is 0.168. The number of aliphatic hydroxyl groups excluding tert-OH is 1. The molecule has 2 atom stereocenters. The van der Waals surface area contributed by atoms with Gasteiger partial charge in [0.2, 0.25) is 9.84 Å². The topological polar surface area (TPSA) is 54.4 Å². The van der Waals surface area contributed by atoms with E-state index in [2.05, 4.69) is 0 Å². The standard InChI is InChI=1S/C12H16F2O3S/c1-3-11(15)8(2)9-4-6-10(7-5-9)18(16,17)12(13)14/h4-8,11-12,15H,3H2,1-2H3. The van der Waals surface area contributed by atoms with Crippen molar-refractivity contribution in [1.82, 2.24) is 0 Å². The molecule has 0 aliphatic heterocycles. The summed E-state index contributed by atoms with van der Waals surface area (Å²) in [7, 11) is -4.54. The lowest BCUT2D eigenvalue weighted by atomic mass is 9.94. The van der Waals surface area contributed by atoms with Gasteiger partial charge in [0.05, 0.1) is 11.0 Å². The van der Waals surface area contributed by atoms with Crippen LogP contribution in [0.4, 0.5) is 8.78 Å². The summed E-state index contributed by atoms with van der Waals surface area (Å²) < 4.78 is 47.0. The van der Waals surface area contributed by atoms with Crippen LogP contribution in [0.3, 0.4) is 0 Å². The Morgan fingerprint density at radius 1 is 1.22 bits per heavy atom. The molecule has 0 aromatic heterocycles. The van der Waals surface area contributed by atoms with Crippen molar-refractivity contribution in [3.63, 3.8) is 0 Å². The molecule has 0 spiro atoms. The van der Waals surface area contributed by atoms with Crippen molar-refractivity contribution in [2.45, 2.75) is 42.9 Å². The van der Waals surface area contributed by atoms with E-state index >= 15 is 0 Å². The summed E-state index contributed by atoms with van der Waals surface area (Å²) in [6.45, 7) is 3.63. The van der Waals surface area contributed by atoms with Crippen molar-refractivity contribution in [2.24, 2.45) is 0 Å². The highest BCUT2D eigenvalue weighted by atomic mass is 32.2. The highest BCUT2D eigenvalue weighted by Crippen LogP contribution is 2.24. The molecule has 0 heterocycles. The maximum atomic E-state index is 12.3. The second kappa shape index (κ2) is 5.75. The third kappa shape index (κ3) is 3.05. The molecule has 2 unspecified atom stereocenters. The molecule has 3 nitrogen and oxygen atoms in total. The first-order valence-electron chi connectivity index (χ1n) is 5.60. The van der Waals surface area contributed by atoms with Crippen LogP contribution in [0.5, 0.6) is 0 Å². The summed E-state index contributed by atoms with van der Waals surface area (Å²) in [5.41, 5.74) is 0.720. The van der Waals surface area contributed by atoms with Crippen LogP contribution in [-0.2, 0) is 9.84 Å². The van der Waals surface area contributed by atoms with Crippen LogP contribution in [0.25, 0.3) is 0 Å².